The Morgan fingerprint density at radius 1 is 1.47 bits per heavy atom. The number of hydrogen-bond donors (Lipinski definition) is 1. The summed E-state index contributed by atoms with van der Waals surface area (Å²) < 4.78 is 5.86. The Hall–Kier alpha value is -2.29. The molecule has 0 fully saturated rings. The first-order valence-electron chi connectivity index (χ1n) is 5.26. The highest BCUT2D eigenvalue weighted by Crippen LogP contribution is 2.08. The fraction of sp³-hybridized carbons (Fsp3) is 0.333. The molecule has 2 aromatic heterocycles. The van der Waals surface area contributed by atoms with Gasteiger partial charge in [-0.05, 0) is 11.6 Å². The van der Waals surface area contributed by atoms with Gasteiger partial charge >= 0.3 is 5.97 Å². The predicted octanol–water partition coefficient (Wildman–Crippen LogP) is 0.0807. The average Bonchev–Trinajstić information content (AvgIpc) is 2.91. The van der Waals surface area contributed by atoms with E-state index >= 15 is 0 Å². The number of nitrogens with zero attached hydrogens (tertiary/aromatic N) is 6. The van der Waals surface area contributed by atoms with Crippen LogP contribution in [0.15, 0.2) is 12.7 Å². The number of halogens is 1. The number of rotatable bonds is 5. The SMILES string of the molecule is COC(=O)CCNc1nc(Cl)nc(-n2cncn2)n1. The quantitative estimate of drug-likeness (QED) is 0.769. The lowest BCUT2D eigenvalue weighted by Crippen LogP contribution is -2.13. The van der Waals surface area contributed by atoms with Gasteiger partial charge in [0, 0.05) is 6.54 Å². The molecular formula is C9H10ClN7O2. The second-order valence-corrected chi connectivity index (χ2v) is 3.66. The van der Waals surface area contributed by atoms with Crippen LogP contribution < -0.4 is 5.32 Å². The molecule has 2 heterocycles. The van der Waals surface area contributed by atoms with Crippen molar-refractivity contribution < 1.29 is 9.53 Å². The van der Waals surface area contributed by atoms with E-state index < -0.39 is 0 Å². The van der Waals surface area contributed by atoms with E-state index in [9.17, 15) is 4.79 Å². The maximum atomic E-state index is 11.0. The summed E-state index contributed by atoms with van der Waals surface area (Å²) in [4.78, 5) is 26.6. The molecular weight excluding hydrogens is 274 g/mol. The number of aromatic nitrogens is 6. The molecule has 0 atom stereocenters. The number of anilines is 1. The summed E-state index contributed by atoms with van der Waals surface area (Å²) in [6, 6.07) is 0. The largest absolute Gasteiger partial charge is 0.469 e. The highest BCUT2D eigenvalue weighted by atomic mass is 35.5. The van der Waals surface area contributed by atoms with E-state index in [0.29, 0.717) is 6.54 Å². The molecule has 0 saturated heterocycles. The van der Waals surface area contributed by atoms with Crippen LogP contribution in [0.25, 0.3) is 5.95 Å². The summed E-state index contributed by atoms with van der Waals surface area (Å²) >= 11 is 5.78. The summed E-state index contributed by atoms with van der Waals surface area (Å²) in [5.74, 6) is 0.150. The van der Waals surface area contributed by atoms with Crippen molar-refractivity contribution in [2.45, 2.75) is 6.42 Å². The first-order valence-corrected chi connectivity index (χ1v) is 5.64. The lowest BCUT2D eigenvalue weighted by Gasteiger charge is -2.05. The Balaban J connectivity index is 2.07. The Morgan fingerprint density at radius 3 is 3.00 bits per heavy atom. The van der Waals surface area contributed by atoms with E-state index in [0.717, 1.165) is 0 Å². The molecule has 9 nitrogen and oxygen atoms in total. The van der Waals surface area contributed by atoms with Crippen molar-refractivity contribution in [2.75, 3.05) is 19.0 Å². The van der Waals surface area contributed by atoms with Crippen LogP contribution in [-0.4, -0.2) is 49.3 Å². The van der Waals surface area contributed by atoms with Crippen molar-refractivity contribution in [1.29, 1.82) is 0 Å². The van der Waals surface area contributed by atoms with Crippen LogP contribution in [-0.2, 0) is 9.53 Å². The minimum absolute atomic E-state index is 0.0149. The maximum absolute atomic E-state index is 11.0. The highest BCUT2D eigenvalue weighted by Gasteiger charge is 2.08. The molecule has 0 radical (unpaired) electrons. The molecule has 2 rings (SSSR count). The summed E-state index contributed by atoms with van der Waals surface area (Å²) in [5, 5.41) is 6.74. The number of ether oxygens (including phenoxy) is 1. The fourth-order valence-corrected chi connectivity index (χ4v) is 1.37. The van der Waals surface area contributed by atoms with Crippen LogP contribution in [0.5, 0.6) is 0 Å². The number of nitrogens with one attached hydrogen (secondary N) is 1. The standard InChI is InChI=1S/C9H10ClN7O2/c1-19-6(18)2-3-12-8-14-7(10)15-9(16-8)17-5-11-4-13-17/h4-5H,2-3H2,1H3,(H,12,14,15,16). The molecule has 0 aliphatic heterocycles. The van der Waals surface area contributed by atoms with E-state index in [4.69, 9.17) is 11.6 Å². The molecule has 0 aliphatic carbocycles. The molecule has 0 spiro atoms. The molecule has 0 bridgehead atoms. The number of methoxy groups -OCH3 is 1. The Labute approximate surface area is 113 Å². The smallest absolute Gasteiger partial charge is 0.307 e. The monoisotopic (exact) mass is 283 g/mol. The molecule has 0 amide bonds. The summed E-state index contributed by atoms with van der Waals surface area (Å²) in [5.41, 5.74) is 0. The second kappa shape index (κ2) is 6.05. The van der Waals surface area contributed by atoms with E-state index in [-0.39, 0.29) is 29.6 Å². The van der Waals surface area contributed by atoms with Gasteiger partial charge in [0.2, 0.25) is 11.2 Å². The van der Waals surface area contributed by atoms with Gasteiger partial charge in [-0.3, -0.25) is 4.79 Å². The van der Waals surface area contributed by atoms with Crippen LogP contribution in [0.4, 0.5) is 5.95 Å². The van der Waals surface area contributed by atoms with Gasteiger partial charge in [0.15, 0.2) is 0 Å². The molecule has 100 valence electrons. The summed E-state index contributed by atoms with van der Waals surface area (Å²) in [7, 11) is 1.32. The van der Waals surface area contributed by atoms with Crippen LogP contribution in [0.1, 0.15) is 6.42 Å². The molecule has 19 heavy (non-hydrogen) atoms. The fourth-order valence-electron chi connectivity index (χ4n) is 1.21. The molecule has 0 aromatic carbocycles. The van der Waals surface area contributed by atoms with Crippen molar-refractivity contribution in [2.24, 2.45) is 0 Å². The Kier molecular flexibility index (Phi) is 4.18. The van der Waals surface area contributed by atoms with E-state index in [1.165, 1.54) is 24.4 Å². The average molecular weight is 284 g/mol. The van der Waals surface area contributed by atoms with Crippen molar-refractivity contribution in [3.63, 3.8) is 0 Å². The van der Waals surface area contributed by atoms with Gasteiger partial charge in [0.25, 0.3) is 5.95 Å². The zero-order valence-corrected chi connectivity index (χ0v) is 10.7. The van der Waals surface area contributed by atoms with Gasteiger partial charge in [0.1, 0.15) is 12.7 Å². The topological polar surface area (TPSA) is 108 Å². The molecule has 1 N–H and O–H groups in total. The Bertz CT molecular complexity index is 560. The van der Waals surface area contributed by atoms with Gasteiger partial charge in [-0.25, -0.2) is 4.98 Å². The van der Waals surface area contributed by atoms with Crippen LogP contribution in [0.2, 0.25) is 5.28 Å². The van der Waals surface area contributed by atoms with Gasteiger partial charge in [-0.15, -0.1) is 0 Å². The third-order valence-corrected chi connectivity index (χ3v) is 2.23. The molecule has 2 aromatic rings. The van der Waals surface area contributed by atoms with Crippen molar-refractivity contribution in [3.05, 3.63) is 17.9 Å². The molecule has 0 unspecified atom stereocenters. The molecule has 10 heteroatoms. The van der Waals surface area contributed by atoms with Crippen LogP contribution in [0.3, 0.4) is 0 Å². The van der Waals surface area contributed by atoms with Gasteiger partial charge in [0.05, 0.1) is 13.5 Å². The van der Waals surface area contributed by atoms with Crippen LogP contribution in [0, 0.1) is 0 Å². The first-order chi connectivity index (χ1) is 9.19. The maximum Gasteiger partial charge on any atom is 0.307 e. The van der Waals surface area contributed by atoms with Gasteiger partial charge in [-0.1, -0.05) is 0 Å². The first kappa shape index (κ1) is 13.1. The zero-order valence-electron chi connectivity index (χ0n) is 9.95. The molecule has 0 aliphatic rings. The van der Waals surface area contributed by atoms with Crippen molar-refractivity contribution >= 4 is 23.5 Å². The van der Waals surface area contributed by atoms with Crippen LogP contribution >= 0.6 is 11.6 Å². The van der Waals surface area contributed by atoms with Crippen molar-refractivity contribution in [1.82, 2.24) is 29.7 Å². The lowest BCUT2D eigenvalue weighted by atomic mass is 10.4. The highest BCUT2D eigenvalue weighted by molar-refractivity contribution is 6.28. The van der Waals surface area contributed by atoms with E-state index in [2.05, 4.69) is 35.1 Å². The third-order valence-electron chi connectivity index (χ3n) is 2.06. The predicted molar refractivity (Wildman–Crippen MR) is 64.9 cm³/mol. The Morgan fingerprint density at radius 2 is 2.32 bits per heavy atom. The summed E-state index contributed by atoms with van der Waals surface area (Å²) in [6.07, 6.45) is 2.98. The normalized spacial score (nSPS) is 10.2. The van der Waals surface area contributed by atoms with Gasteiger partial charge in [-0.2, -0.15) is 24.7 Å². The second-order valence-electron chi connectivity index (χ2n) is 3.32. The number of carbonyl (C=O) groups is 1. The minimum Gasteiger partial charge on any atom is -0.469 e. The minimum atomic E-state index is -0.329. The number of esters is 1. The zero-order chi connectivity index (χ0) is 13.7. The van der Waals surface area contributed by atoms with E-state index in [1.807, 2.05) is 0 Å². The number of carbonyl (C=O) groups excluding carboxylic acids is 1. The van der Waals surface area contributed by atoms with Gasteiger partial charge < -0.3 is 10.1 Å². The summed E-state index contributed by atoms with van der Waals surface area (Å²) in [6.45, 7) is 0.323. The van der Waals surface area contributed by atoms with E-state index in [1.54, 1.807) is 0 Å². The number of hydrogen-bond acceptors (Lipinski definition) is 8. The third kappa shape index (κ3) is 3.58. The van der Waals surface area contributed by atoms with Crippen molar-refractivity contribution in [3.8, 4) is 5.95 Å². The molecule has 0 saturated carbocycles. The lowest BCUT2D eigenvalue weighted by molar-refractivity contribution is -0.140.